The molecule has 0 spiro atoms. The molecule has 0 radical (unpaired) electrons. The van der Waals surface area contributed by atoms with Crippen molar-refractivity contribution in [2.45, 2.75) is 19.4 Å². The minimum absolute atomic E-state index is 0.133. The van der Waals surface area contributed by atoms with E-state index in [2.05, 4.69) is 10.3 Å². The van der Waals surface area contributed by atoms with E-state index in [1.165, 1.54) is 0 Å². The number of rotatable bonds is 4. The minimum atomic E-state index is 0.133. The quantitative estimate of drug-likeness (QED) is 0.671. The Morgan fingerprint density at radius 1 is 1.45 bits per heavy atom. The number of carbonyl (C=O) groups is 1. The Morgan fingerprint density at radius 3 is 2.68 bits per heavy atom. The van der Waals surface area contributed by atoms with Crippen LogP contribution in [0.1, 0.15) is 18.5 Å². The average molecular weight is 326 g/mol. The summed E-state index contributed by atoms with van der Waals surface area (Å²) in [5.41, 5.74) is 1.08. The van der Waals surface area contributed by atoms with Gasteiger partial charge in [0, 0.05) is 46.1 Å². The largest absolute Gasteiger partial charge is 0.351 e. The fourth-order valence-corrected chi connectivity index (χ4v) is 2.93. The van der Waals surface area contributed by atoms with Crippen molar-refractivity contribution in [1.82, 2.24) is 19.7 Å². The first-order valence-electron chi connectivity index (χ1n) is 7.51. The average Bonchev–Trinajstić information content (AvgIpc) is 3.10. The number of likely N-dealkylation sites (tertiary alicyclic amines) is 1. The molecule has 0 saturated carbocycles. The first-order chi connectivity index (χ1) is 10.5. The number of guanidine groups is 1. The van der Waals surface area contributed by atoms with Gasteiger partial charge in [0.05, 0.1) is 18.1 Å². The molecule has 1 aliphatic heterocycles. The Kier molecular flexibility index (Phi) is 5.71. The lowest BCUT2D eigenvalue weighted by Crippen LogP contribution is -2.44. The molecule has 1 aromatic rings. The molecular formula is C15H24ClN5O. The van der Waals surface area contributed by atoms with E-state index in [0.717, 1.165) is 36.6 Å². The summed E-state index contributed by atoms with van der Waals surface area (Å²) in [6, 6.07) is 1.93. The predicted octanol–water partition coefficient (Wildman–Crippen LogP) is 1.31. The second-order valence-electron chi connectivity index (χ2n) is 5.61. The number of aliphatic imine (C=N–C) groups is 1. The Hall–Kier alpha value is -1.69. The van der Waals surface area contributed by atoms with Gasteiger partial charge in [-0.25, -0.2) is 0 Å². The van der Waals surface area contributed by atoms with Gasteiger partial charge in [-0.1, -0.05) is 11.6 Å². The van der Waals surface area contributed by atoms with E-state index in [0.29, 0.717) is 12.5 Å². The molecule has 1 aromatic heterocycles. The van der Waals surface area contributed by atoms with Crippen LogP contribution in [0.25, 0.3) is 0 Å². The summed E-state index contributed by atoms with van der Waals surface area (Å²) < 4.78 is 1.99. The van der Waals surface area contributed by atoms with E-state index in [1.807, 2.05) is 40.7 Å². The van der Waals surface area contributed by atoms with Gasteiger partial charge in [0.15, 0.2) is 5.96 Å². The van der Waals surface area contributed by atoms with Crippen molar-refractivity contribution in [3.63, 3.8) is 0 Å². The molecule has 1 amide bonds. The number of aromatic nitrogens is 1. The van der Waals surface area contributed by atoms with Gasteiger partial charge in [0.2, 0.25) is 5.91 Å². The van der Waals surface area contributed by atoms with Crippen LogP contribution in [-0.2, 0) is 18.4 Å². The van der Waals surface area contributed by atoms with E-state index in [4.69, 9.17) is 11.6 Å². The number of hydrogen-bond acceptors (Lipinski definition) is 2. The Balaban J connectivity index is 1.87. The van der Waals surface area contributed by atoms with Gasteiger partial charge >= 0.3 is 0 Å². The maximum absolute atomic E-state index is 12.1. The SMILES string of the molecule is CN=C(NCC(=O)N1CCCC1)N(C)Cc1cc(Cl)cn1C. The molecule has 0 aromatic carbocycles. The molecule has 1 N–H and O–H groups in total. The second kappa shape index (κ2) is 7.54. The van der Waals surface area contributed by atoms with Crippen LogP contribution in [0.15, 0.2) is 17.3 Å². The van der Waals surface area contributed by atoms with Crippen LogP contribution in [0.5, 0.6) is 0 Å². The summed E-state index contributed by atoms with van der Waals surface area (Å²) in [5, 5.41) is 3.86. The first-order valence-corrected chi connectivity index (χ1v) is 7.89. The number of hydrogen-bond donors (Lipinski definition) is 1. The normalized spacial score (nSPS) is 15.3. The van der Waals surface area contributed by atoms with Crippen molar-refractivity contribution >= 4 is 23.5 Å². The molecule has 2 rings (SSSR count). The van der Waals surface area contributed by atoms with Crippen molar-refractivity contribution in [2.24, 2.45) is 12.0 Å². The standard InChI is InChI=1S/C15H24ClN5O/c1-17-15(18-9-14(22)21-6-4-5-7-21)20(3)11-13-8-12(16)10-19(13)2/h8,10H,4-7,9,11H2,1-3H3,(H,17,18). The molecule has 1 saturated heterocycles. The van der Waals surface area contributed by atoms with Crippen LogP contribution in [0.2, 0.25) is 5.02 Å². The predicted molar refractivity (Wildman–Crippen MR) is 89.1 cm³/mol. The van der Waals surface area contributed by atoms with Gasteiger partial charge in [-0.3, -0.25) is 9.79 Å². The summed E-state index contributed by atoms with van der Waals surface area (Å²) in [6.07, 6.45) is 4.08. The number of halogens is 1. The van der Waals surface area contributed by atoms with Crippen molar-refractivity contribution in [3.05, 3.63) is 23.0 Å². The third-order valence-corrected chi connectivity index (χ3v) is 4.11. The summed E-state index contributed by atoms with van der Waals surface area (Å²) in [4.78, 5) is 20.2. The number of nitrogens with zero attached hydrogens (tertiary/aromatic N) is 4. The molecule has 122 valence electrons. The third kappa shape index (κ3) is 4.16. The lowest BCUT2D eigenvalue weighted by Gasteiger charge is -2.23. The smallest absolute Gasteiger partial charge is 0.241 e. The van der Waals surface area contributed by atoms with Crippen LogP contribution >= 0.6 is 11.6 Å². The van der Waals surface area contributed by atoms with E-state index >= 15 is 0 Å². The molecular weight excluding hydrogens is 302 g/mol. The summed E-state index contributed by atoms with van der Waals surface area (Å²) >= 11 is 6.00. The maximum atomic E-state index is 12.1. The highest BCUT2D eigenvalue weighted by Gasteiger charge is 2.18. The molecule has 6 nitrogen and oxygen atoms in total. The fraction of sp³-hybridized carbons (Fsp3) is 0.600. The molecule has 0 atom stereocenters. The molecule has 7 heteroatoms. The van der Waals surface area contributed by atoms with Gasteiger partial charge in [-0.2, -0.15) is 0 Å². The monoisotopic (exact) mass is 325 g/mol. The van der Waals surface area contributed by atoms with Crippen LogP contribution < -0.4 is 5.32 Å². The number of carbonyl (C=O) groups excluding carboxylic acids is 1. The van der Waals surface area contributed by atoms with Crippen molar-refractivity contribution < 1.29 is 4.79 Å². The topological polar surface area (TPSA) is 52.9 Å². The summed E-state index contributed by atoms with van der Waals surface area (Å²) in [7, 11) is 5.62. The van der Waals surface area contributed by atoms with E-state index < -0.39 is 0 Å². The highest BCUT2D eigenvalue weighted by atomic mass is 35.5. The highest BCUT2D eigenvalue weighted by Crippen LogP contribution is 2.14. The van der Waals surface area contributed by atoms with Crippen molar-refractivity contribution in [1.29, 1.82) is 0 Å². The molecule has 0 unspecified atom stereocenters. The molecule has 22 heavy (non-hydrogen) atoms. The van der Waals surface area contributed by atoms with Gasteiger partial charge < -0.3 is 19.7 Å². The van der Waals surface area contributed by atoms with Gasteiger partial charge in [-0.15, -0.1) is 0 Å². The van der Waals surface area contributed by atoms with Gasteiger partial charge in [0.1, 0.15) is 0 Å². The maximum Gasteiger partial charge on any atom is 0.241 e. The lowest BCUT2D eigenvalue weighted by atomic mass is 10.4. The van der Waals surface area contributed by atoms with Crippen LogP contribution in [0.3, 0.4) is 0 Å². The van der Waals surface area contributed by atoms with Crippen molar-refractivity contribution in [2.75, 3.05) is 33.7 Å². The second-order valence-corrected chi connectivity index (χ2v) is 6.04. The van der Waals surface area contributed by atoms with Crippen molar-refractivity contribution in [3.8, 4) is 0 Å². The first kappa shape index (κ1) is 16.7. The molecule has 0 bridgehead atoms. The zero-order valence-corrected chi connectivity index (χ0v) is 14.2. The van der Waals surface area contributed by atoms with E-state index in [1.54, 1.807) is 7.05 Å². The lowest BCUT2D eigenvalue weighted by molar-refractivity contribution is -0.128. The molecule has 2 heterocycles. The molecule has 1 aliphatic rings. The third-order valence-electron chi connectivity index (χ3n) is 3.90. The Morgan fingerprint density at radius 2 is 2.14 bits per heavy atom. The van der Waals surface area contributed by atoms with Crippen LogP contribution in [0.4, 0.5) is 0 Å². The van der Waals surface area contributed by atoms with Crippen LogP contribution in [0, 0.1) is 0 Å². The fourth-order valence-electron chi connectivity index (χ4n) is 2.66. The number of amides is 1. The molecule has 0 aliphatic carbocycles. The van der Waals surface area contributed by atoms with Gasteiger partial charge in [-0.05, 0) is 18.9 Å². The zero-order valence-electron chi connectivity index (χ0n) is 13.5. The highest BCUT2D eigenvalue weighted by molar-refractivity contribution is 6.30. The zero-order chi connectivity index (χ0) is 16.1. The Bertz CT molecular complexity index is 548. The number of aryl methyl sites for hydroxylation is 1. The van der Waals surface area contributed by atoms with Crippen LogP contribution in [-0.4, -0.2) is 60.0 Å². The number of nitrogens with one attached hydrogen (secondary N) is 1. The van der Waals surface area contributed by atoms with Gasteiger partial charge in [0.25, 0.3) is 0 Å². The van der Waals surface area contributed by atoms with E-state index in [-0.39, 0.29) is 12.5 Å². The van der Waals surface area contributed by atoms with E-state index in [9.17, 15) is 4.79 Å². The summed E-state index contributed by atoms with van der Waals surface area (Å²) in [5.74, 6) is 0.832. The molecule has 1 fully saturated rings. The Labute approximate surface area is 136 Å². The summed E-state index contributed by atoms with van der Waals surface area (Å²) in [6.45, 7) is 2.69. The minimum Gasteiger partial charge on any atom is -0.351 e.